The van der Waals surface area contributed by atoms with Gasteiger partial charge in [-0.1, -0.05) is 48.0 Å². The Labute approximate surface area is 200 Å². The molecule has 0 radical (unpaired) electrons. The minimum absolute atomic E-state index is 0.0227. The van der Waals surface area contributed by atoms with E-state index in [-0.39, 0.29) is 11.8 Å². The summed E-state index contributed by atoms with van der Waals surface area (Å²) in [6.45, 7) is 8.97. The lowest BCUT2D eigenvalue weighted by Crippen LogP contribution is -2.50. The molecule has 1 saturated heterocycles. The first kappa shape index (κ1) is 23.7. The van der Waals surface area contributed by atoms with Gasteiger partial charge in [-0.15, -0.1) is 0 Å². The Hall–Kier alpha value is -3.45. The van der Waals surface area contributed by atoms with Crippen molar-refractivity contribution in [2.45, 2.75) is 33.6 Å². The first-order chi connectivity index (χ1) is 16.4. The maximum atomic E-state index is 12.7. The van der Waals surface area contributed by atoms with Gasteiger partial charge in [0.05, 0.1) is 12.7 Å². The van der Waals surface area contributed by atoms with Crippen LogP contribution in [-0.4, -0.2) is 59.3 Å². The van der Waals surface area contributed by atoms with Gasteiger partial charge < -0.3 is 14.6 Å². The molecule has 7 nitrogen and oxygen atoms in total. The molecule has 0 bridgehead atoms. The van der Waals surface area contributed by atoms with E-state index in [1.54, 1.807) is 6.20 Å². The fraction of sp³-hybridized carbons (Fsp3) is 0.370. The number of amides is 2. The second kappa shape index (κ2) is 10.7. The van der Waals surface area contributed by atoms with Gasteiger partial charge in [-0.2, -0.15) is 0 Å². The number of aromatic nitrogens is 1. The van der Waals surface area contributed by atoms with Gasteiger partial charge in [0.15, 0.2) is 11.7 Å². The van der Waals surface area contributed by atoms with Gasteiger partial charge in [-0.05, 0) is 31.9 Å². The highest BCUT2D eigenvalue weighted by Crippen LogP contribution is 2.22. The van der Waals surface area contributed by atoms with Crippen molar-refractivity contribution in [2.75, 3.05) is 38.0 Å². The Balaban J connectivity index is 1.21. The number of nitrogens with one attached hydrogen (secondary N) is 1. The van der Waals surface area contributed by atoms with Gasteiger partial charge >= 0.3 is 0 Å². The number of hydrogen-bond acceptors (Lipinski definition) is 5. The van der Waals surface area contributed by atoms with Crippen LogP contribution in [0.1, 0.15) is 29.0 Å². The predicted octanol–water partition coefficient (Wildman–Crippen LogP) is 3.98. The van der Waals surface area contributed by atoms with E-state index in [1.807, 2.05) is 68.1 Å². The van der Waals surface area contributed by atoms with Gasteiger partial charge in [-0.3, -0.25) is 14.5 Å². The third kappa shape index (κ3) is 5.91. The quantitative estimate of drug-likeness (QED) is 0.577. The van der Waals surface area contributed by atoms with Crippen LogP contribution in [-0.2, 0) is 16.0 Å². The van der Waals surface area contributed by atoms with Crippen molar-refractivity contribution in [3.8, 4) is 11.3 Å². The Kier molecular flexibility index (Phi) is 7.43. The van der Waals surface area contributed by atoms with Gasteiger partial charge in [0.2, 0.25) is 11.8 Å². The summed E-state index contributed by atoms with van der Waals surface area (Å²) in [7, 11) is 0. The smallest absolute Gasteiger partial charge is 0.238 e. The van der Waals surface area contributed by atoms with Gasteiger partial charge in [-0.25, -0.2) is 4.98 Å². The van der Waals surface area contributed by atoms with Crippen LogP contribution in [0.4, 0.5) is 5.69 Å². The van der Waals surface area contributed by atoms with Gasteiger partial charge in [0.1, 0.15) is 0 Å². The third-order valence-corrected chi connectivity index (χ3v) is 6.28. The van der Waals surface area contributed by atoms with Crippen molar-refractivity contribution in [2.24, 2.45) is 0 Å². The molecule has 1 aliphatic rings. The van der Waals surface area contributed by atoms with Crippen molar-refractivity contribution < 1.29 is 14.0 Å². The minimum atomic E-state index is -0.0227. The van der Waals surface area contributed by atoms with Gasteiger partial charge in [0, 0.05) is 50.3 Å². The number of hydrogen-bond donors (Lipinski definition) is 1. The Morgan fingerprint density at radius 2 is 1.65 bits per heavy atom. The summed E-state index contributed by atoms with van der Waals surface area (Å²) in [6.07, 6.45) is 2.55. The van der Waals surface area contributed by atoms with E-state index in [4.69, 9.17) is 4.42 Å². The van der Waals surface area contributed by atoms with E-state index in [0.717, 1.165) is 28.1 Å². The molecule has 1 aliphatic heterocycles. The molecule has 2 aromatic carbocycles. The molecule has 0 saturated carbocycles. The summed E-state index contributed by atoms with van der Waals surface area (Å²) in [5.41, 5.74) is 5.17. The number of rotatable bonds is 7. The van der Waals surface area contributed by atoms with E-state index >= 15 is 0 Å². The molecule has 1 N–H and O–H groups in total. The topological polar surface area (TPSA) is 78.7 Å². The van der Waals surface area contributed by atoms with Crippen molar-refractivity contribution in [1.82, 2.24) is 14.8 Å². The molecule has 0 atom stereocenters. The van der Waals surface area contributed by atoms with E-state index in [2.05, 4.69) is 15.2 Å². The van der Waals surface area contributed by atoms with Crippen LogP contribution < -0.4 is 5.32 Å². The monoisotopic (exact) mass is 460 g/mol. The number of piperazine rings is 1. The zero-order valence-corrected chi connectivity index (χ0v) is 20.1. The van der Waals surface area contributed by atoms with E-state index in [1.165, 1.54) is 5.56 Å². The van der Waals surface area contributed by atoms with E-state index in [9.17, 15) is 9.59 Å². The molecule has 1 fully saturated rings. The van der Waals surface area contributed by atoms with Crippen LogP contribution in [0.3, 0.4) is 0 Å². The molecule has 0 aliphatic carbocycles. The summed E-state index contributed by atoms with van der Waals surface area (Å²) in [6, 6.07) is 14.1. The molecule has 7 heteroatoms. The average Bonchev–Trinajstić information content (AvgIpc) is 3.30. The molecular formula is C27H32N4O3. The fourth-order valence-corrected chi connectivity index (χ4v) is 4.20. The average molecular weight is 461 g/mol. The normalized spacial score (nSPS) is 14.3. The highest BCUT2D eigenvalue weighted by Gasteiger charge is 2.23. The van der Waals surface area contributed by atoms with Crippen LogP contribution in [0.2, 0.25) is 0 Å². The predicted molar refractivity (Wildman–Crippen MR) is 133 cm³/mol. The molecule has 4 rings (SSSR count). The first-order valence-electron chi connectivity index (χ1n) is 11.8. The Bertz CT molecular complexity index is 1120. The number of benzene rings is 2. The lowest BCUT2D eigenvalue weighted by Gasteiger charge is -2.34. The van der Waals surface area contributed by atoms with Crippen LogP contribution in [0.25, 0.3) is 11.3 Å². The number of carbonyl (C=O) groups excluding carboxylic acids is 2. The standard InChI is InChI=1S/C27H32N4O3/c1-19-7-9-22(10-8-19)23-17-28-25(34-23)11-12-26(33)31-15-13-30(14-16-31)18-24(32)29-27-20(2)5-4-6-21(27)3/h4-10,17H,11-16,18H2,1-3H3,(H,29,32). The molecule has 34 heavy (non-hydrogen) atoms. The van der Waals surface area contributed by atoms with E-state index in [0.29, 0.717) is 51.5 Å². The van der Waals surface area contributed by atoms with Crippen LogP contribution in [0.15, 0.2) is 53.1 Å². The maximum absolute atomic E-state index is 12.7. The lowest BCUT2D eigenvalue weighted by molar-refractivity contribution is -0.133. The molecule has 2 amide bonds. The zero-order valence-electron chi connectivity index (χ0n) is 20.1. The maximum Gasteiger partial charge on any atom is 0.238 e. The van der Waals surface area contributed by atoms with Crippen LogP contribution >= 0.6 is 0 Å². The van der Waals surface area contributed by atoms with Crippen molar-refractivity contribution in [3.63, 3.8) is 0 Å². The number of nitrogens with zero attached hydrogens (tertiary/aromatic N) is 3. The Morgan fingerprint density at radius 3 is 2.32 bits per heavy atom. The third-order valence-electron chi connectivity index (χ3n) is 6.28. The van der Waals surface area contributed by atoms with Crippen molar-refractivity contribution in [3.05, 3.63) is 71.2 Å². The molecule has 178 valence electrons. The molecule has 3 aromatic rings. The molecular weight excluding hydrogens is 428 g/mol. The highest BCUT2D eigenvalue weighted by molar-refractivity contribution is 5.93. The van der Waals surface area contributed by atoms with Crippen LogP contribution in [0, 0.1) is 20.8 Å². The second-order valence-corrected chi connectivity index (χ2v) is 8.96. The minimum Gasteiger partial charge on any atom is -0.441 e. The summed E-state index contributed by atoms with van der Waals surface area (Å²) in [5.74, 6) is 1.36. The molecule has 0 unspecified atom stereocenters. The molecule has 0 spiro atoms. The number of anilines is 1. The SMILES string of the molecule is Cc1ccc(-c2cnc(CCC(=O)N3CCN(CC(=O)Nc4c(C)cccc4C)CC3)o2)cc1. The summed E-state index contributed by atoms with van der Waals surface area (Å²) in [5, 5.41) is 3.04. The number of aryl methyl sites for hydroxylation is 4. The highest BCUT2D eigenvalue weighted by atomic mass is 16.4. The van der Waals surface area contributed by atoms with Crippen LogP contribution in [0.5, 0.6) is 0 Å². The molecule has 1 aromatic heterocycles. The Morgan fingerprint density at radius 1 is 0.971 bits per heavy atom. The fourth-order valence-electron chi connectivity index (χ4n) is 4.20. The zero-order chi connectivity index (χ0) is 24.1. The van der Waals surface area contributed by atoms with Crippen molar-refractivity contribution in [1.29, 1.82) is 0 Å². The second-order valence-electron chi connectivity index (χ2n) is 8.96. The summed E-state index contributed by atoms with van der Waals surface area (Å²) < 4.78 is 5.84. The number of para-hydroxylation sites is 1. The van der Waals surface area contributed by atoms with Gasteiger partial charge in [0.25, 0.3) is 0 Å². The summed E-state index contributed by atoms with van der Waals surface area (Å²) in [4.78, 5) is 33.5. The molecule has 2 heterocycles. The summed E-state index contributed by atoms with van der Waals surface area (Å²) >= 11 is 0. The largest absolute Gasteiger partial charge is 0.441 e. The lowest BCUT2D eigenvalue weighted by atomic mass is 10.1. The van der Waals surface area contributed by atoms with E-state index < -0.39 is 0 Å². The first-order valence-corrected chi connectivity index (χ1v) is 11.8. The number of oxazole rings is 1. The number of carbonyl (C=O) groups is 2. The van der Waals surface area contributed by atoms with Crippen molar-refractivity contribution >= 4 is 17.5 Å².